The number of rotatable bonds is 6. The molecule has 1 aromatic carbocycles. The summed E-state index contributed by atoms with van der Waals surface area (Å²) < 4.78 is 3.71. The third kappa shape index (κ3) is 5.35. The quantitative estimate of drug-likeness (QED) is 0.633. The summed E-state index contributed by atoms with van der Waals surface area (Å²) >= 11 is 7.04. The number of nitrogens with zero attached hydrogens (tertiary/aromatic N) is 2. The van der Waals surface area contributed by atoms with Crippen LogP contribution in [0.5, 0.6) is 0 Å². The molecule has 0 saturated heterocycles. The van der Waals surface area contributed by atoms with Crippen molar-refractivity contribution >= 4 is 43.6 Å². The molecule has 23 heavy (non-hydrogen) atoms. The lowest BCUT2D eigenvalue weighted by Gasteiger charge is -2.14. The average Bonchev–Trinajstić information content (AvgIpc) is 3.00. The van der Waals surface area contributed by atoms with Gasteiger partial charge in [-0.2, -0.15) is 0 Å². The van der Waals surface area contributed by atoms with E-state index >= 15 is 0 Å². The van der Waals surface area contributed by atoms with Crippen molar-refractivity contribution in [1.82, 2.24) is 14.9 Å². The highest BCUT2D eigenvalue weighted by atomic mass is 79.9. The van der Waals surface area contributed by atoms with Crippen LogP contribution < -0.4 is 10.6 Å². The topological polar surface area (TPSA) is 59.0 Å². The van der Waals surface area contributed by atoms with E-state index in [9.17, 15) is 4.79 Å². The van der Waals surface area contributed by atoms with E-state index in [4.69, 9.17) is 0 Å². The van der Waals surface area contributed by atoms with Gasteiger partial charge in [0.05, 0.1) is 12.0 Å². The van der Waals surface area contributed by atoms with Crippen LogP contribution in [0.25, 0.3) is 0 Å². The van der Waals surface area contributed by atoms with Gasteiger partial charge in [0, 0.05) is 34.4 Å². The second-order valence-electron chi connectivity index (χ2n) is 5.55. The standard InChI is InChI=1S/C16H20Br2N4O/c1-11(2)12-8-13(17)15(14(18)9-12)21-16(23)20-4-3-6-22-7-5-19-10-22/h5,7-11H,3-4,6H2,1-2H3,(H2,20,21,23). The molecule has 0 fully saturated rings. The molecule has 2 rings (SSSR count). The second-order valence-corrected chi connectivity index (χ2v) is 7.26. The first-order valence-corrected chi connectivity index (χ1v) is 9.05. The summed E-state index contributed by atoms with van der Waals surface area (Å²) in [7, 11) is 0. The number of anilines is 1. The summed E-state index contributed by atoms with van der Waals surface area (Å²) in [6.07, 6.45) is 6.27. The molecule has 0 unspecified atom stereocenters. The fourth-order valence-electron chi connectivity index (χ4n) is 2.09. The van der Waals surface area contributed by atoms with Crippen molar-refractivity contribution in [1.29, 1.82) is 0 Å². The Labute approximate surface area is 153 Å². The molecule has 0 atom stereocenters. The first-order chi connectivity index (χ1) is 11.0. The number of carbonyl (C=O) groups excluding carboxylic acids is 1. The summed E-state index contributed by atoms with van der Waals surface area (Å²) in [5.41, 5.74) is 1.94. The van der Waals surface area contributed by atoms with Crippen molar-refractivity contribution in [2.24, 2.45) is 0 Å². The minimum atomic E-state index is -0.214. The van der Waals surface area contributed by atoms with Crippen LogP contribution in [-0.4, -0.2) is 22.1 Å². The van der Waals surface area contributed by atoms with E-state index in [0.29, 0.717) is 12.5 Å². The van der Waals surface area contributed by atoms with Crippen LogP contribution in [-0.2, 0) is 6.54 Å². The third-order valence-electron chi connectivity index (χ3n) is 3.41. The van der Waals surface area contributed by atoms with Crippen LogP contribution >= 0.6 is 31.9 Å². The molecular weight excluding hydrogens is 424 g/mol. The first kappa shape index (κ1) is 18.0. The lowest BCUT2D eigenvalue weighted by atomic mass is 10.0. The van der Waals surface area contributed by atoms with E-state index in [1.54, 1.807) is 12.5 Å². The lowest BCUT2D eigenvalue weighted by Crippen LogP contribution is -2.30. The number of benzene rings is 1. The van der Waals surface area contributed by atoms with Crippen molar-refractivity contribution in [2.45, 2.75) is 32.7 Å². The van der Waals surface area contributed by atoms with E-state index in [2.05, 4.69) is 61.3 Å². The molecule has 2 amide bonds. The van der Waals surface area contributed by atoms with Gasteiger partial charge in [0.25, 0.3) is 0 Å². The molecule has 0 aliphatic carbocycles. The van der Waals surface area contributed by atoms with Gasteiger partial charge in [-0.05, 0) is 61.9 Å². The molecule has 124 valence electrons. The zero-order chi connectivity index (χ0) is 16.8. The summed E-state index contributed by atoms with van der Waals surface area (Å²) in [6.45, 7) is 5.70. The number of halogens is 2. The molecule has 0 bridgehead atoms. The second kappa shape index (κ2) is 8.49. The summed E-state index contributed by atoms with van der Waals surface area (Å²) in [5.74, 6) is 0.425. The summed E-state index contributed by atoms with van der Waals surface area (Å²) in [5, 5.41) is 5.74. The number of aromatic nitrogens is 2. The van der Waals surface area contributed by atoms with Crippen LogP contribution in [0.3, 0.4) is 0 Å². The van der Waals surface area contributed by atoms with Gasteiger partial charge < -0.3 is 15.2 Å². The van der Waals surface area contributed by atoms with E-state index in [-0.39, 0.29) is 6.03 Å². The maximum atomic E-state index is 12.0. The Kier molecular flexibility index (Phi) is 6.65. The Hall–Kier alpha value is -1.34. The SMILES string of the molecule is CC(C)c1cc(Br)c(NC(=O)NCCCn2ccnc2)c(Br)c1. The summed E-state index contributed by atoms with van der Waals surface area (Å²) in [4.78, 5) is 16.0. The number of amides is 2. The van der Waals surface area contributed by atoms with Crippen molar-refractivity contribution in [3.63, 3.8) is 0 Å². The maximum Gasteiger partial charge on any atom is 0.319 e. The molecule has 5 nitrogen and oxygen atoms in total. The molecule has 0 radical (unpaired) electrons. The summed E-state index contributed by atoms with van der Waals surface area (Å²) in [6, 6.07) is 3.85. The molecule has 0 aliphatic heterocycles. The highest BCUT2D eigenvalue weighted by molar-refractivity contribution is 9.11. The average molecular weight is 444 g/mol. The largest absolute Gasteiger partial charge is 0.338 e. The highest BCUT2D eigenvalue weighted by Gasteiger charge is 2.12. The van der Waals surface area contributed by atoms with Gasteiger partial charge in [0.2, 0.25) is 0 Å². The Morgan fingerprint density at radius 3 is 2.57 bits per heavy atom. The molecule has 2 N–H and O–H groups in total. The van der Waals surface area contributed by atoms with E-state index in [0.717, 1.165) is 27.6 Å². The van der Waals surface area contributed by atoms with Crippen molar-refractivity contribution in [2.75, 3.05) is 11.9 Å². The third-order valence-corrected chi connectivity index (χ3v) is 4.66. The van der Waals surface area contributed by atoms with Gasteiger partial charge in [-0.25, -0.2) is 9.78 Å². The van der Waals surface area contributed by atoms with Crippen molar-refractivity contribution in [3.05, 3.63) is 45.4 Å². The van der Waals surface area contributed by atoms with Crippen LogP contribution in [0.1, 0.15) is 31.7 Å². The van der Waals surface area contributed by atoms with Crippen LogP contribution in [0.2, 0.25) is 0 Å². The van der Waals surface area contributed by atoms with Gasteiger partial charge in [-0.1, -0.05) is 13.8 Å². The maximum absolute atomic E-state index is 12.0. The van der Waals surface area contributed by atoms with Gasteiger partial charge in [0.1, 0.15) is 0 Å². The lowest BCUT2D eigenvalue weighted by molar-refractivity contribution is 0.252. The molecule has 1 aromatic heterocycles. The number of imidazole rings is 1. The molecule has 2 aromatic rings. The van der Waals surface area contributed by atoms with Crippen molar-refractivity contribution < 1.29 is 4.79 Å². The number of nitrogens with one attached hydrogen (secondary N) is 2. The highest BCUT2D eigenvalue weighted by Crippen LogP contribution is 2.34. The van der Waals surface area contributed by atoms with E-state index in [1.165, 1.54) is 5.56 Å². The number of aryl methyl sites for hydroxylation is 1. The van der Waals surface area contributed by atoms with Gasteiger partial charge >= 0.3 is 6.03 Å². The van der Waals surface area contributed by atoms with Gasteiger partial charge in [0.15, 0.2) is 0 Å². The van der Waals surface area contributed by atoms with Crippen LogP contribution in [0, 0.1) is 0 Å². The van der Waals surface area contributed by atoms with Crippen LogP contribution in [0.15, 0.2) is 39.8 Å². The molecule has 0 aliphatic rings. The fraction of sp³-hybridized carbons (Fsp3) is 0.375. The van der Waals surface area contributed by atoms with E-state index < -0.39 is 0 Å². The zero-order valence-corrected chi connectivity index (χ0v) is 16.3. The molecule has 1 heterocycles. The Morgan fingerprint density at radius 2 is 2.00 bits per heavy atom. The van der Waals surface area contributed by atoms with Gasteiger partial charge in [-0.3, -0.25) is 0 Å². The van der Waals surface area contributed by atoms with E-state index in [1.807, 2.05) is 22.9 Å². The predicted molar refractivity (Wildman–Crippen MR) is 99.8 cm³/mol. The zero-order valence-electron chi connectivity index (χ0n) is 13.1. The van der Waals surface area contributed by atoms with Crippen LogP contribution in [0.4, 0.5) is 10.5 Å². The Bertz CT molecular complexity index is 633. The molecule has 0 spiro atoms. The fourth-order valence-corrected chi connectivity index (χ4v) is 3.51. The first-order valence-electron chi connectivity index (χ1n) is 7.47. The van der Waals surface area contributed by atoms with Crippen molar-refractivity contribution in [3.8, 4) is 0 Å². The minimum absolute atomic E-state index is 0.214. The normalized spacial score (nSPS) is 10.8. The monoisotopic (exact) mass is 442 g/mol. The smallest absolute Gasteiger partial charge is 0.319 e. The number of hydrogen-bond acceptors (Lipinski definition) is 2. The molecule has 0 saturated carbocycles. The predicted octanol–water partition coefficient (Wildman–Crippen LogP) is 4.74. The number of hydrogen-bond donors (Lipinski definition) is 2. The number of urea groups is 1. The minimum Gasteiger partial charge on any atom is -0.338 e. The number of carbonyl (C=O) groups is 1. The Balaban J connectivity index is 1.85. The molecule has 7 heteroatoms. The Morgan fingerprint density at radius 1 is 1.30 bits per heavy atom. The van der Waals surface area contributed by atoms with Gasteiger partial charge in [-0.15, -0.1) is 0 Å². The molecular formula is C16H20Br2N4O.